The standard InChI is InChI=1S/C22H25N3O4S.C4H4O4/c1-15(14-25-22(27)19-7-2-3-8-20(19)30(25,28)29)17-5-4-6-18(13-17)24-11-9-16(10-12-24)21(23)26;5-3(6)1-2-4(7)8/h2-8,13,15-16H,9-12,14H2,1H3,(H2,23,26);1-2H,(H,5,6)(H,7,8). The molecule has 2 aromatic rings. The van der Waals surface area contributed by atoms with Gasteiger partial charge in [-0.25, -0.2) is 22.3 Å². The molecule has 0 bridgehead atoms. The van der Waals surface area contributed by atoms with Gasteiger partial charge in [-0.15, -0.1) is 0 Å². The molecule has 1 unspecified atom stereocenters. The van der Waals surface area contributed by atoms with E-state index in [4.69, 9.17) is 15.9 Å². The molecule has 0 saturated carbocycles. The van der Waals surface area contributed by atoms with Crippen LogP contribution in [0.5, 0.6) is 0 Å². The number of fused-ring (bicyclic) bond motifs is 1. The number of piperidine rings is 1. The van der Waals surface area contributed by atoms with E-state index >= 15 is 0 Å². The number of rotatable bonds is 7. The van der Waals surface area contributed by atoms with Gasteiger partial charge in [-0.1, -0.05) is 31.2 Å². The molecule has 1 fully saturated rings. The molecule has 2 aliphatic heterocycles. The zero-order valence-electron chi connectivity index (χ0n) is 20.7. The van der Waals surface area contributed by atoms with Crippen LogP contribution < -0.4 is 10.6 Å². The van der Waals surface area contributed by atoms with Crippen LogP contribution in [0.15, 0.2) is 65.6 Å². The largest absolute Gasteiger partial charge is 0.478 e. The number of anilines is 1. The minimum Gasteiger partial charge on any atom is -0.478 e. The Morgan fingerprint density at radius 1 is 1.03 bits per heavy atom. The first-order valence-corrected chi connectivity index (χ1v) is 13.3. The van der Waals surface area contributed by atoms with Crippen molar-refractivity contribution in [1.29, 1.82) is 0 Å². The zero-order valence-corrected chi connectivity index (χ0v) is 21.5. The van der Waals surface area contributed by atoms with E-state index < -0.39 is 27.9 Å². The lowest BCUT2D eigenvalue weighted by Gasteiger charge is -2.33. The number of hydrogen-bond donors (Lipinski definition) is 3. The fraction of sp³-hybridized carbons (Fsp3) is 0.308. The van der Waals surface area contributed by atoms with E-state index in [1.165, 1.54) is 6.07 Å². The van der Waals surface area contributed by atoms with E-state index in [9.17, 15) is 27.6 Å². The van der Waals surface area contributed by atoms with Crippen LogP contribution in [0, 0.1) is 5.92 Å². The number of carboxylic acids is 2. The number of carboxylic acid groups (broad SMARTS) is 2. The lowest BCUT2D eigenvalue weighted by atomic mass is 9.95. The SMILES string of the molecule is CC(CN1C(=O)c2ccccc2S1(=O)=O)c1cccc(N2CCC(C(N)=O)CC2)c1.O=C(O)C=CC(=O)O. The Bertz CT molecular complexity index is 1350. The minimum atomic E-state index is -3.81. The van der Waals surface area contributed by atoms with Crippen LogP contribution in [-0.2, 0) is 24.4 Å². The Morgan fingerprint density at radius 3 is 2.18 bits per heavy atom. The van der Waals surface area contributed by atoms with Crippen LogP contribution in [0.1, 0.15) is 41.6 Å². The molecule has 0 spiro atoms. The number of primary amides is 1. The second-order valence-electron chi connectivity index (χ2n) is 9.01. The van der Waals surface area contributed by atoms with Gasteiger partial charge < -0.3 is 20.8 Å². The molecule has 38 heavy (non-hydrogen) atoms. The minimum absolute atomic E-state index is 0.0728. The number of carbonyl (C=O) groups is 4. The van der Waals surface area contributed by atoms with Crippen molar-refractivity contribution in [2.45, 2.75) is 30.6 Å². The van der Waals surface area contributed by atoms with Gasteiger partial charge in [0.05, 0.1) is 5.56 Å². The number of nitrogens with zero attached hydrogens (tertiary/aromatic N) is 2. The van der Waals surface area contributed by atoms with Gasteiger partial charge in [0.25, 0.3) is 15.9 Å². The summed E-state index contributed by atoms with van der Waals surface area (Å²) < 4.78 is 26.6. The Morgan fingerprint density at radius 2 is 1.63 bits per heavy atom. The topological polar surface area (TPSA) is 175 Å². The van der Waals surface area contributed by atoms with E-state index in [1.807, 2.05) is 31.2 Å². The highest BCUT2D eigenvalue weighted by Crippen LogP contribution is 2.33. The Balaban J connectivity index is 0.000000436. The number of carbonyl (C=O) groups excluding carboxylic acids is 2. The average Bonchev–Trinajstić information content (AvgIpc) is 3.08. The molecule has 4 N–H and O–H groups in total. The number of sulfonamides is 1. The quantitative estimate of drug-likeness (QED) is 0.441. The van der Waals surface area contributed by atoms with Crippen molar-refractivity contribution >= 4 is 39.5 Å². The summed E-state index contributed by atoms with van der Waals surface area (Å²) >= 11 is 0. The summed E-state index contributed by atoms with van der Waals surface area (Å²) in [4.78, 5) is 45.5. The molecular weight excluding hydrogens is 514 g/mol. The second kappa shape index (κ2) is 11.9. The van der Waals surface area contributed by atoms with E-state index in [1.54, 1.807) is 18.2 Å². The van der Waals surface area contributed by atoms with Crippen LogP contribution in [0.2, 0.25) is 0 Å². The van der Waals surface area contributed by atoms with Crippen LogP contribution in [0.4, 0.5) is 5.69 Å². The maximum Gasteiger partial charge on any atom is 0.328 e. The van der Waals surface area contributed by atoms with Gasteiger partial charge >= 0.3 is 11.9 Å². The maximum absolute atomic E-state index is 12.8. The monoisotopic (exact) mass is 543 g/mol. The number of amides is 2. The molecule has 2 aromatic carbocycles. The molecule has 1 atom stereocenters. The summed E-state index contributed by atoms with van der Waals surface area (Å²) in [6.45, 7) is 3.51. The van der Waals surface area contributed by atoms with Crippen molar-refractivity contribution in [2.75, 3.05) is 24.5 Å². The number of nitrogens with two attached hydrogens (primary N) is 1. The summed E-state index contributed by atoms with van der Waals surface area (Å²) in [6.07, 6.45) is 2.58. The fourth-order valence-electron chi connectivity index (χ4n) is 4.36. The van der Waals surface area contributed by atoms with E-state index in [0.717, 1.165) is 41.5 Å². The highest BCUT2D eigenvalue weighted by molar-refractivity contribution is 7.90. The van der Waals surface area contributed by atoms with Gasteiger partial charge in [-0.2, -0.15) is 0 Å². The van der Waals surface area contributed by atoms with Crippen molar-refractivity contribution in [3.8, 4) is 0 Å². The molecule has 1 saturated heterocycles. The normalized spacial score (nSPS) is 17.4. The van der Waals surface area contributed by atoms with Crippen molar-refractivity contribution in [3.63, 3.8) is 0 Å². The Labute approximate surface area is 220 Å². The van der Waals surface area contributed by atoms with Crippen molar-refractivity contribution in [3.05, 3.63) is 71.8 Å². The second-order valence-corrected chi connectivity index (χ2v) is 10.8. The molecule has 0 radical (unpaired) electrons. The molecule has 2 amide bonds. The third kappa shape index (κ3) is 6.57. The highest BCUT2D eigenvalue weighted by Gasteiger charge is 2.41. The molecular formula is C26H29N3O8S. The van der Waals surface area contributed by atoms with Crippen LogP contribution in [0.3, 0.4) is 0 Å². The van der Waals surface area contributed by atoms with E-state index in [0.29, 0.717) is 12.2 Å². The lowest BCUT2D eigenvalue weighted by Crippen LogP contribution is -2.38. The summed E-state index contributed by atoms with van der Waals surface area (Å²) in [5, 5.41) is 15.6. The number of aliphatic carboxylic acids is 2. The first-order valence-electron chi connectivity index (χ1n) is 11.9. The van der Waals surface area contributed by atoms with Gasteiger partial charge in [0.2, 0.25) is 5.91 Å². The Hall–Kier alpha value is -4.19. The van der Waals surface area contributed by atoms with Crippen molar-refractivity contribution in [1.82, 2.24) is 4.31 Å². The number of hydrogen-bond acceptors (Lipinski definition) is 7. The van der Waals surface area contributed by atoms with Crippen LogP contribution in [0.25, 0.3) is 0 Å². The molecule has 11 nitrogen and oxygen atoms in total. The number of benzene rings is 2. The van der Waals surface area contributed by atoms with Gasteiger partial charge in [0.1, 0.15) is 4.90 Å². The Kier molecular flexibility index (Phi) is 8.89. The van der Waals surface area contributed by atoms with E-state index in [-0.39, 0.29) is 34.7 Å². The summed E-state index contributed by atoms with van der Waals surface area (Å²) in [7, 11) is -3.81. The zero-order chi connectivity index (χ0) is 28.0. The average molecular weight is 544 g/mol. The predicted molar refractivity (Wildman–Crippen MR) is 138 cm³/mol. The summed E-state index contributed by atoms with van der Waals surface area (Å²) in [6, 6.07) is 14.3. The molecule has 4 rings (SSSR count). The third-order valence-corrected chi connectivity index (χ3v) is 8.23. The molecule has 0 aromatic heterocycles. The smallest absolute Gasteiger partial charge is 0.328 e. The summed E-state index contributed by atoms with van der Waals surface area (Å²) in [5.41, 5.74) is 7.64. The van der Waals surface area contributed by atoms with Gasteiger partial charge in [0, 0.05) is 43.4 Å². The third-order valence-electron chi connectivity index (χ3n) is 6.42. The molecule has 12 heteroatoms. The predicted octanol–water partition coefficient (Wildman–Crippen LogP) is 2.05. The van der Waals surface area contributed by atoms with Crippen LogP contribution in [-0.4, -0.2) is 66.3 Å². The molecule has 2 heterocycles. The van der Waals surface area contributed by atoms with E-state index in [2.05, 4.69) is 4.90 Å². The molecule has 202 valence electrons. The van der Waals surface area contributed by atoms with Gasteiger partial charge in [-0.3, -0.25) is 9.59 Å². The molecule has 0 aliphatic carbocycles. The summed E-state index contributed by atoms with van der Waals surface area (Å²) in [5.74, 6) is -3.46. The highest BCUT2D eigenvalue weighted by atomic mass is 32.2. The van der Waals surface area contributed by atoms with Crippen molar-refractivity contribution < 1.29 is 37.8 Å². The lowest BCUT2D eigenvalue weighted by molar-refractivity contribution is -0.134. The van der Waals surface area contributed by atoms with Gasteiger partial charge in [0.15, 0.2) is 0 Å². The van der Waals surface area contributed by atoms with Gasteiger partial charge in [-0.05, 0) is 48.6 Å². The maximum atomic E-state index is 12.8. The van der Waals surface area contributed by atoms with Crippen molar-refractivity contribution in [2.24, 2.45) is 11.7 Å². The first kappa shape index (κ1) is 28.4. The molecule has 2 aliphatic rings. The fourth-order valence-corrected chi connectivity index (χ4v) is 6.02. The first-order chi connectivity index (χ1) is 17.9. The van der Waals surface area contributed by atoms with Crippen LogP contribution >= 0.6 is 0 Å².